The number of rotatable bonds is 5. The van der Waals surface area contributed by atoms with Gasteiger partial charge in [0.15, 0.2) is 0 Å². The Balaban J connectivity index is 3.07. The van der Waals surface area contributed by atoms with Crippen LogP contribution in [0.2, 0.25) is 0 Å². The molecule has 0 aliphatic heterocycles. The van der Waals surface area contributed by atoms with E-state index in [1.54, 1.807) is 31.2 Å². The molecule has 1 rings (SSSR count). The highest BCUT2D eigenvalue weighted by molar-refractivity contribution is 5.95. The van der Waals surface area contributed by atoms with Crippen LogP contribution in [-0.2, 0) is 14.3 Å². The average Bonchev–Trinajstić information content (AvgIpc) is 2.36. The Labute approximate surface area is 99.9 Å². The number of carbonyl (C=O) groups excluding carboxylic acids is 1. The summed E-state index contributed by atoms with van der Waals surface area (Å²) in [5.41, 5.74) is 0.812. The lowest BCUT2D eigenvalue weighted by Crippen LogP contribution is -2.09. The molecule has 0 unspecified atom stereocenters. The zero-order valence-electron chi connectivity index (χ0n) is 9.90. The molecule has 0 saturated heterocycles. The Morgan fingerprint density at radius 2 is 1.94 bits per heavy atom. The van der Waals surface area contributed by atoms with Gasteiger partial charge in [0, 0.05) is 12.7 Å². The molecule has 0 amide bonds. The van der Waals surface area contributed by atoms with E-state index in [1.807, 2.05) is 6.07 Å². The van der Waals surface area contributed by atoms with E-state index in [-0.39, 0.29) is 18.8 Å². The molecule has 0 spiro atoms. The second kappa shape index (κ2) is 6.81. The monoisotopic (exact) mass is 238 g/mol. The first-order chi connectivity index (χ1) is 8.20. The van der Waals surface area contributed by atoms with Gasteiger partial charge >= 0.3 is 5.97 Å². The van der Waals surface area contributed by atoms with Crippen LogP contribution in [0.5, 0.6) is 0 Å². The smallest absolute Gasteiger partial charge is 0.367 e. The van der Waals surface area contributed by atoms with E-state index in [9.17, 15) is 9.18 Å². The standard InChI is InChI=1S/C13H15FO3/c1-3-17-13(15)12(14)11(9-16-2)10-7-5-4-6-8-10/h4-8H,3,9H2,1-2H3/b12-11-. The molecular weight excluding hydrogens is 223 g/mol. The molecular formula is C13H15FO3. The van der Waals surface area contributed by atoms with Crippen molar-refractivity contribution in [2.45, 2.75) is 6.92 Å². The summed E-state index contributed by atoms with van der Waals surface area (Å²) in [6, 6.07) is 8.78. The minimum absolute atomic E-state index is 0.0225. The lowest BCUT2D eigenvalue weighted by atomic mass is 10.1. The molecule has 0 fully saturated rings. The molecule has 1 aromatic rings. The lowest BCUT2D eigenvalue weighted by Gasteiger charge is -2.08. The van der Waals surface area contributed by atoms with Crippen molar-refractivity contribution in [3.05, 3.63) is 41.7 Å². The van der Waals surface area contributed by atoms with Crippen LogP contribution in [0.15, 0.2) is 36.2 Å². The van der Waals surface area contributed by atoms with Gasteiger partial charge in [-0.05, 0) is 12.5 Å². The van der Waals surface area contributed by atoms with Gasteiger partial charge in [-0.2, -0.15) is 4.39 Å². The van der Waals surface area contributed by atoms with Crippen LogP contribution < -0.4 is 0 Å². The zero-order valence-corrected chi connectivity index (χ0v) is 9.90. The maximum atomic E-state index is 13.8. The second-order valence-electron chi connectivity index (χ2n) is 3.31. The maximum absolute atomic E-state index is 13.8. The first-order valence-corrected chi connectivity index (χ1v) is 5.30. The van der Waals surface area contributed by atoms with Crippen LogP contribution in [0.4, 0.5) is 4.39 Å². The number of hydrogen-bond acceptors (Lipinski definition) is 3. The SMILES string of the molecule is CCOC(=O)/C(F)=C(\COC)c1ccccc1. The predicted molar refractivity (Wildman–Crippen MR) is 63.0 cm³/mol. The number of hydrogen-bond donors (Lipinski definition) is 0. The van der Waals surface area contributed by atoms with Crippen molar-refractivity contribution in [1.82, 2.24) is 0 Å². The van der Waals surface area contributed by atoms with Gasteiger partial charge in [-0.15, -0.1) is 0 Å². The first-order valence-electron chi connectivity index (χ1n) is 5.30. The topological polar surface area (TPSA) is 35.5 Å². The summed E-state index contributed by atoms with van der Waals surface area (Å²) in [7, 11) is 1.45. The Hall–Kier alpha value is -1.68. The van der Waals surface area contributed by atoms with Gasteiger partial charge in [-0.3, -0.25) is 0 Å². The van der Waals surface area contributed by atoms with Gasteiger partial charge in [-0.25, -0.2) is 4.79 Å². The Morgan fingerprint density at radius 3 is 2.47 bits per heavy atom. The fourth-order valence-electron chi connectivity index (χ4n) is 1.37. The summed E-state index contributed by atoms with van der Waals surface area (Å²) < 4.78 is 23.4. The quantitative estimate of drug-likeness (QED) is 0.584. The van der Waals surface area contributed by atoms with Crippen molar-refractivity contribution in [3.8, 4) is 0 Å². The van der Waals surface area contributed by atoms with Crippen molar-refractivity contribution in [2.24, 2.45) is 0 Å². The van der Waals surface area contributed by atoms with Crippen molar-refractivity contribution < 1.29 is 18.7 Å². The van der Waals surface area contributed by atoms with Crippen LogP contribution in [-0.4, -0.2) is 26.3 Å². The minimum atomic E-state index is -0.955. The molecule has 0 bridgehead atoms. The molecule has 0 aliphatic rings. The van der Waals surface area contributed by atoms with Crippen molar-refractivity contribution >= 4 is 11.5 Å². The fraction of sp³-hybridized carbons (Fsp3) is 0.308. The summed E-state index contributed by atoms with van der Waals surface area (Å²) in [5, 5.41) is 0. The summed E-state index contributed by atoms with van der Waals surface area (Å²) >= 11 is 0. The molecule has 17 heavy (non-hydrogen) atoms. The summed E-state index contributed by atoms with van der Waals surface area (Å²) in [4.78, 5) is 11.3. The highest BCUT2D eigenvalue weighted by Crippen LogP contribution is 2.21. The van der Waals surface area contributed by atoms with Gasteiger partial charge in [0.05, 0.1) is 13.2 Å². The van der Waals surface area contributed by atoms with E-state index in [2.05, 4.69) is 4.74 Å². The molecule has 0 aromatic heterocycles. The lowest BCUT2D eigenvalue weighted by molar-refractivity contribution is -0.140. The van der Waals surface area contributed by atoms with Gasteiger partial charge in [0.1, 0.15) is 0 Å². The number of methoxy groups -OCH3 is 1. The molecule has 0 radical (unpaired) electrons. The molecule has 0 N–H and O–H groups in total. The van der Waals surface area contributed by atoms with Crippen LogP contribution in [0.3, 0.4) is 0 Å². The molecule has 0 saturated carbocycles. The summed E-state index contributed by atoms with van der Waals surface area (Å²) in [5.74, 6) is -1.86. The van der Waals surface area contributed by atoms with Crippen molar-refractivity contribution in [2.75, 3.05) is 20.3 Å². The van der Waals surface area contributed by atoms with E-state index in [4.69, 9.17) is 4.74 Å². The van der Waals surface area contributed by atoms with E-state index in [0.29, 0.717) is 5.56 Å². The van der Waals surface area contributed by atoms with Gasteiger partial charge < -0.3 is 9.47 Å². The number of carbonyl (C=O) groups is 1. The van der Waals surface area contributed by atoms with Crippen molar-refractivity contribution in [1.29, 1.82) is 0 Å². The molecule has 4 heteroatoms. The van der Waals surface area contributed by atoms with E-state index in [0.717, 1.165) is 0 Å². The normalized spacial score (nSPS) is 11.9. The number of halogens is 1. The van der Waals surface area contributed by atoms with Gasteiger partial charge in [-0.1, -0.05) is 30.3 Å². The molecule has 0 atom stereocenters. The Kier molecular flexibility index (Phi) is 5.36. The van der Waals surface area contributed by atoms with Gasteiger partial charge in [0.2, 0.25) is 5.83 Å². The molecule has 92 valence electrons. The third kappa shape index (κ3) is 3.67. The van der Waals surface area contributed by atoms with E-state index >= 15 is 0 Å². The Bertz CT molecular complexity index is 398. The fourth-order valence-corrected chi connectivity index (χ4v) is 1.37. The molecule has 0 heterocycles. The number of benzene rings is 1. The van der Waals surface area contributed by atoms with Crippen molar-refractivity contribution in [3.63, 3.8) is 0 Å². The second-order valence-corrected chi connectivity index (χ2v) is 3.31. The average molecular weight is 238 g/mol. The minimum Gasteiger partial charge on any atom is -0.461 e. The third-order valence-electron chi connectivity index (χ3n) is 2.13. The largest absolute Gasteiger partial charge is 0.461 e. The van der Waals surface area contributed by atoms with E-state index in [1.165, 1.54) is 7.11 Å². The number of ether oxygens (including phenoxy) is 2. The third-order valence-corrected chi connectivity index (χ3v) is 2.13. The van der Waals surface area contributed by atoms with Crippen LogP contribution in [0.25, 0.3) is 5.57 Å². The van der Waals surface area contributed by atoms with Crippen LogP contribution in [0, 0.1) is 0 Å². The van der Waals surface area contributed by atoms with E-state index < -0.39 is 11.8 Å². The molecule has 0 aliphatic carbocycles. The summed E-state index contributed by atoms with van der Waals surface area (Å²) in [6.45, 7) is 1.79. The highest BCUT2D eigenvalue weighted by atomic mass is 19.1. The predicted octanol–water partition coefficient (Wildman–Crippen LogP) is 2.58. The Morgan fingerprint density at radius 1 is 1.29 bits per heavy atom. The number of esters is 1. The summed E-state index contributed by atoms with van der Waals surface area (Å²) in [6.07, 6.45) is 0. The highest BCUT2D eigenvalue weighted by Gasteiger charge is 2.17. The molecule has 1 aromatic carbocycles. The maximum Gasteiger partial charge on any atom is 0.367 e. The molecule has 3 nitrogen and oxygen atoms in total. The van der Waals surface area contributed by atoms with Gasteiger partial charge in [0.25, 0.3) is 0 Å². The first kappa shape index (κ1) is 13.4. The van der Waals surface area contributed by atoms with Crippen LogP contribution in [0.1, 0.15) is 12.5 Å². The van der Waals surface area contributed by atoms with Crippen LogP contribution >= 0.6 is 0 Å². The zero-order chi connectivity index (χ0) is 12.7.